The molecule has 0 saturated heterocycles. The van der Waals surface area contributed by atoms with E-state index >= 15 is 0 Å². The van der Waals surface area contributed by atoms with Crippen LogP contribution in [0.5, 0.6) is 0 Å². The van der Waals surface area contributed by atoms with E-state index in [9.17, 15) is 5.02 Å². The van der Waals surface area contributed by atoms with Gasteiger partial charge in [0.25, 0.3) is 0 Å². The van der Waals surface area contributed by atoms with Crippen molar-refractivity contribution in [3.05, 3.63) is 95.6 Å². The fourth-order valence-electron chi connectivity index (χ4n) is 2.70. The minimum Gasteiger partial charge on any atom is -0.423 e. The first kappa shape index (κ1) is 17.1. The molecule has 0 unspecified atom stereocenters. The molecule has 124 valence electrons. The molecule has 0 amide bonds. The summed E-state index contributed by atoms with van der Waals surface area (Å²) in [6.45, 7) is 1.98. The van der Waals surface area contributed by atoms with Gasteiger partial charge >= 0.3 is 7.12 Å². The first-order valence-corrected chi connectivity index (χ1v) is 8.20. The molecule has 0 heterocycles. The highest BCUT2D eigenvalue weighted by Gasteiger charge is 2.15. The quantitative estimate of drug-likeness (QED) is 0.575. The number of rotatable bonds is 5. The Morgan fingerprint density at radius 3 is 1.92 bits per heavy atom. The predicted octanol–water partition coefficient (Wildman–Crippen LogP) is 3.50. The molecule has 0 aromatic heterocycles. The summed E-state index contributed by atoms with van der Waals surface area (Å²) in [7, 11) is 0.564. The zero-order chi connectivity index (χ0) is 17.6. The molecule has 0 aliphatic heterocycles. The Labute approximate surface area is 148 Å². The maximum absolute atomic E-state index is 9.82. The maximum Gasteiger partial charge on any atom is 0.490 e. The van der Waals surface area contributed by atoms with Crippen molar-refractivity contribution in [2.75, 3.05) is 7.11 Å². The van der Waals surface area contributed by atoms with E-state index in [1.165, 1.54) is 7.11 Å². The van der Waals surface area contributed by atoms with Crippen LogP contribution in [0, 0.1) is 6.92 Å². The largest absolute Gasteiger partial charge is 0.490 e. The Bertz CT molecular complexity index is 822. The fourth-order valence-corrected chi connectivity index (χ4v) is 2.70. The van der Waals surface area contributed by atoms with Crippen LogP contribution in [0.15, 0.2) is 83.9 Å². The molecule has 0 fully saturated rings. The van der Waals surface area contributed by atoms with Crippen molar-refractivity contribution in [3.8, 4) is 0 Å². The minimum absolute atomic E-state index is 0.722. The van der Waals surface area contributed by atoms with Gasteiger partial charge < -0.3 is 9.68 Å². The lowest BCUT2D eigenvalue weighted by atomic mass is 9.79. The first-order chi connectivity index (χ1) is 12.2. The molecule has 4 heteroatoms. The topological polar surface area (TPSA) is 41.8 Å². The van der Waals surface area contributed by atoms with Crippen molar-refractivity contribution in [1.29, 1.82) is 0 Å². The van der Waals surface area contributed by atoms with E-state index in [1.54, 1.807) is 0 Å². The van der Waals surface area contributed by atoms with Crippen LogP contribution in [0.1, 0.15) is 16.7 Å². The molecule has 0 aliphatic carbocycles. The lowest BCUT2D eigenvalue weighted by Gasteiger charge is -2.11. The van der Waals surface area contributed by atoms with E-state index in [2.05, 4.69) is 24.3 Å². The third-order valence-corrected chi connectivity index (χ3v) is 4.06. The van der Waals surface area contributed by atoms with Gasteiger partial charge in [-0.25, -0.2) is 4.99 Å². The molecule has 3 aromatic carbocycles. The van der Waals surface area contributed by atoms with Gasteiger partial charge in [-0.15, -0.1) is 0 Å². The van der Waals surface area contributed by atoms with Gasteiger partial charge in [-0.2, -0.15) is 0 Å². The van der Waals surface area contributed by atoms with E-state index in [0.29, 0.717) is 0 Å². The van der Waals surface area contributed by atoms with Crippen molar-refractivity contribution in [3.63, 3.8) is 0 Å². The summed E-state index contributed by atoms with van der Waals surface area (Å²) < 4.78 is 4.97. The second-order valence-corrected chi connectivity index (χ2v) is 5.83. The molecule has 3 aromatic rings. The highest BCUT2D eigenvalue weighted by atomic mass is 16.5. The second kappa shape index (κ2) is 7.93. The van der Waals surface area contributed by atoms with Crippen LogP contribution < -0.4 is 5.46 Å². The van der Waals surface area contributed by atoms with Crippen LogP contribution in [0.2, 0.25) is 0 Å². The van der Waals surface area contributed by atoms with Gasteiger partial charge in [-0.3, -0.25) is 0 Å². The van der Waals surface area contributed by atoms with Crippen molar-refractivity contribution < 1.29 is 9.68 Å². The highest BCUT2D eigenvalue weighted by molar-refractivity contribution is 6.59. The van der Waals surface area contributed by atoms with Crippen LogP contribution in [-0.2, 0) is 4.65 Å². The molecule has 25 heavy (non-hydrogen) atoms. The van der Waals surface area contributed by atoms with Gasteiger partial charge in [0.05, 0.1) is 11.4 Å². The van der Waals surface area contributed by atoms with E-state index in [4.69, 9.17) is 9.65 Å². The lowest BCUT2D eigenvalue weighted by Crippen LogP contribution is -2.32. The Balaban J connectivity index is 2.08. The van der Waals surface area contributed by atoms with Gasteiger partial charge in [-0.05, 0) is 24.0 Å². The van der Waals surface area contributed by atoms with Gasteiger partial charge in [-0.1, -0.05) is 72.8 Å². The zero-order valence-electron chi connectivity index (χ0n) is 14.4. The van der Waals surface area contributed by atoms with Crippen molar-refractivity contribution in [1.82, 2.24) is 0 Å². The summed E-state index contributed by atoms with van der Waals surface area (Å²) in [5.41, 5.74) is 5.63. The van der Waals surface area contributed by atoms with E-state index in [-0.39, 0.29) is 0 Å². The molecule has 0 aliphatic rings. The van der Waals surface area contributed by atoms with Crippen LogP contribution in [-0.4, -0.2) is 25.0 Å². The predicted molar refractivity (Wildman–Crippen MR) is 104 cm³/mol. The monoisotopic (exact) mass is 329 g/mol. The summed E-state index contributed by atoms with van der Waals surface area (Å²) in [5.74, 6) is 0. The van der Waals surface area contributed by atoms with Gasteiger partial charge in [0.15, 0.2) is 0 Å². The Morgan fingerprint density at radius 2 is 1.44 bits per heavy atom. The van der Waals surface area contributed by atoms with E-state index in [1.807, 2.05) is 61.5 Å². The van der Waals surface area contributed by atoms with Crippen molar-refractivity contribution >= 4 is 24.0 Å². The summed E-state index contributed by atoms with van der Waals surface area (Å²) in [4.78, 5) is 4.92. The molecule has 0 radical (unpaired) electrons. The van der Waals surface area contributed by atoms with E-state index in [0.717, 1.165) is 33.6 Å². The lowest BCUT2D eigenvalue weighted by molar-refractivity contribution is 0.341. The van der Waals surface area contributed by atoms with Gasteiger partial charge in [0.2, 0.25) is 0 Å². The number of aliphatic imine (C=N–C) groups is 1. The van der Waals surface area contributed by atoms with Crippen LogP contribution in [0.3, 0.4) is 0 Å². The molecular weight excluding hydrogens is 309 g/mol. The van der Waals surface area contributed by atoms with Crippen LogP contribution in [0.4, 0.5) is 5.69 Å². The van der Waals surface area contributed by atoms with Crippen molar-refractivity contribution in [2.24, 2.45) is 4.99 Å². The van der Waals surface area contributed by atoms with Crippen LogP contribution in [0.25, 0.3) is 0 Å². The van der Waals surface area contributed by atoms with Crippen LogP contribution >= 0.6 is 0 Å². The number of hydrogen-bond acceptors (Lipinski definition) is 3. The van der Waals surface area contributed by atoms with Gasteiger partial charge in [0.1, 0.15) is 0 Å². The second-order valence-electron chi connectivity index (χ2n) is 5.83. The van der Waals surface area contributed by atoms with Crippen molar-refractivity contribution in [2.45, 2.75) is 6.92 Å². The SMILES string of the molecule is COB(O)c1ccc(N=C(c2ccccc2)c2ccccc2)c(C)c1. The standard InChI is InChI=1S/C21H20BNO2/c1-16-15-19(22(24)25-2)13-14-20(16)23-21(17-9-5-3-6-10-17)18-11-7-4-8-12-18/h3-15,24H,1-2H3. The molecule has 3 rings (SSSR count). The maximum atomic E-state index is 9.82. The Morgan fingerprint density at radius 1 is 0.880 bits per heavy atom. The highest BCUT2D eigenvalue weighted by Crippen LogP contribution is 2.21. The fraction of sp³-hybridized carbons (Fsp3) is 0.0952. The normalized spacial score (nSPS) is 10.4. The third-order valence-electron chi connectivity index (χ3n) is 4.06. The average Bonchev–Trinajstić information content (AvgIpc) is 2.67. The smallest absolute Gasteiger partial charge is 0.423 e. The summed E-state index contributed by atoms with van der Waals surface area (Å²) in [6, 6.07) is 25.9. The molecule has 1 N–H and O–H groups in total. The average molecular weight is 329 g/mol. The first-order valence-electron chi connectivity index (χ1n) is 8.20. The number of aryl methyl sites for hydroxylation is 1. The summed E-state index contributed by atoms with van der Waals surface area (Å²) in [5, 5.41) is 9.82. The summed E-state index contributed by atoms with van der Waals surface area (Å²) in [6.07, 6.45) is 0. The van der Waals surface area contributed by atoms with E-state index < -0.39 is 7.12 Å². The molecule has 3 nitrogen and oxygen atoms in total. The third kappa shape index (κ3) is 4.05. The number of nitrogens with zero attached hydrogens (tertiary/aromatic N) is 1. The molecule has 0 atom stereocenters. The zero-order valence-corrected chi connectivity index (χ0v) is 14.4. The number of hydrogen-bond donors (Lipinski definition) is 1. The minimum atomic E-state index is -0.917. The number of benzene rings is 3. The molecule has 0 spiro atoms. The molecular formula is C21H20BNO2. The Hall–Kier alpha value is -2.69. The summed E-state index contributed by atoms with van der Waals surface area (Å²) >= 11 is 0. The molecule has 0 saturated carbocycles. The van der Waals surface area contributed by atoms with Gasteiger partial charge in [0, 0.05) is 18.2 Å². The molecule has 0 bridgehead atoms. The Kier molecular flexibility index (Phi) is 5.44.